The van der Waals surface area contributed by atoms with Crippen LogP contribution in [0.3, 0.4) is 0 Å². The molecule has 0 unspecified atom stereocenters. The zero-order chi connectivity index (χ0) is 20.7. The molecule has 0 spiro atoms. The van der Waals surface area contributed by atoms with Gasteiger partial charge in [-0.25, -0.2) is 4.39 Å². The van der Waals surface area contributed by atoms with E-state index in [2.05, 4.69) is 15.7 Å². The SMILES string of the molecule is Cc1nn(C)c2c1[C@H](c1cccc(F)c1)[C@@H](NC(=O)c1ccc(Cl)cc1)C(=O)N2. The van der Waals surface area contributed by atoms with Crippen LogP contribution >= 0.6 is 11.6 Å². The van der Waals surface area contributed by atoms with E-state index >= 15 is 0 Å². The zero-order valence-corrected chi connectivity index (χ0v) is 16.5. The quantitative estimate of drug-likeness (QED) is 0.692. The molecule has 1 aliphatic heterocycles. The second kappa shape index (κ2) is 7.33. The Bertz CT molecular complexity index is 1110. The van der Waals surface area contributed by atoms with Crippen molar-refractivity contribution in [1.29, 1.82) is 0 Å². The first-order valence-electron chi connectivity index (χ1n) is 9.01. The summed E-state index contributed by atoms with van der Waals surface area (Å²) in [6.45, 7) is 1.82. The van der Waals surface area contributed by atoms with Gasteiger partial charge in [0.05, 0.1) is 5.69 Å². The van der Waals surface area contributed by atoms with Gasteiger partial charge < -0.3 is 10.6 Å². The largest absolute Gasteiger partial charge is 0.339 e. The summed E-state index contributed by atoms with van der Waals surface area (Å²) in [5, 5.41) is 10.5. The van der Waals surface area contributed by atoms with Crippen LogP contribution in [-0.4, -0.2) is 27.6 Å². The van der Waals surface area contributed by atoms with E-state index in [9.17, 15) is 14.0 Å². The van der Waals surface area contributed by atoms with Gasteiger partial charge in [-0.1, -0.05) is 23.7 Å². The van der Waals surface area contributed by atoms with Gasteiger partial charge in [0.2, 0.25) is 5.91 Å². The fraction of sp³-hybridized carbons (Fsp3) is 0.190. The van der Waals surface area contributed by atoms with Crippen molar-refractivity contribution in [1.82, 2.24) is 15.1 Å². The molecule has 2 N–H and O–H groups in total. The summed E-state index contributed by atoms with van der Waals surface area (Å²) in [7, 11) is 1.72. The van der Waals surface area contributed by atoms with Gasteiger partial charge in [0, 0.05) is 29.1 Å². The van der Waals surface area contributed by atoms with Gasteiger partial charge in [0.1, 0.15) is 17.7 Å². The minimum Gasteiger partial charge on any atom is -0.339 e. The number of rotatable bonds is 3. The topological polar surface area (TPSA) is 76.0 Å². The van der Waals surface area contributed by atoms with Crippen LogP contribution in [0.25, 0.3) is 0 Å². The van der Waals surface area contributed by atoms with E-state index in [4.69, 9.17) is 11.6 Å². The van der Waals surface area contributed by atoms with E-state index in [1.54, 1.807) is 48.1 Å². The number of amides is 2. The summed E-state index contributed by atoms with van der Waals surface area (Å²) < 4.78 is 15.5. The minimum atomic E-state index is -0.935. The number of benzene rings is 2. The predicted octanol–water partition coefficient (Wildman–Crippen LogP) is 3.40. The lowest BCUT2D eigenvalue weighted by atomic mass is 9.82. The molecular formula is C21H18ClFN4O2. The van der Waals surface area contributed by atoms with E-state index in [-0.39, 0.29) is 0 Å². The van der Waals surface area contributed by atoms with Crippen LogP contribution in [0.2, 0.25) is 5.02 Å². The molecule has 2 heterocycles. The molecule has 6 nitrogen and oxygen atoms in total. The number of halogens is 2. The molecule has 3 aromatic rings. The van der Waals surface area contributed by atoms with Crippen LogP contribution in [0.15, 0.2) is 48.5 Å². The molecule has 0 bridgehead atoms. The van der Waals surface area contributed by atoms with Gasteiger partial charge in [0.15, 0.2) is 0 Å². The normalized spacial score (nSPS) is 18.1. The lowest BCUT2D eigenvalue weighted by molar-refractivity contribution is -0.118. The predicted molar refractivity (Wildman–Crippen MR) is 108 cm³/mol. The summed E-state index contributed by atoms with van der Waals surface area (Å²) in [6.07, 6.45) is 0. The maximum absolute atomic E-state index is 14.0. The van der Waals surface area contributed by atoms with Crippen molar-refractivity contribution >= 4 is 29.2 Å². The highest BCUT2D eigenvalue weighted by Gasteiger charge is 2.41. The monoisotopic (exact) mass is 412 g/mol. The second-order valence-electron chi connectivity index (χ2n) is 6.95. The van der Waals surface area contributed by atoms with E-state index in [0.29, 0.717) is 27.7 Å². The molecular weight excluding hydrogens is 395 g/mol. The number of nitrogens with zero attached hydrogens (tertiary/aromatic N) is 2. The lowest BCUT2D eigenvalue weighted by Gasteiger charge is -2.32. The van der Waals surface area contributed by atoms with Crippen LogP contribution in [0.4, 0.5) is 10.2 Å². The first-order valence-corrected chi connectivity index (χ1v) is 9.39. The van der Waals surface area contributed by atoms with Gasteiger partial charge >= 0.3 is 0 Å². The number of nitrogens with one attached hydrogen (secondary N) is 2. The molecule has 0 saturated heterocycles. The highest BCUT2D eigenvalue weighted by molar-refractivity contribution is 6.30. The Labute approximate surface area is 171 Å². The van der Waals surface area contributed by atoms with Gasteiger partial charge in [0.25, 0.3) is 5.91 Å². The average Bonchev–Trinajstić information content (AvgIpc) is 2.96. The zero-order valence-electron chi connectivity index (χ0n) is 15.7. The maximum Gasteiger partial charge on any atom is 0.251 e. The molecule has 4 rings (SSSR count). The summed E-state index contributed by atoms with van der Waals surface area (Å²) in [5.74, 6) is -1.28. The van der Waals surface area contributed by atoms with Crippen molar-refractivity contribution in [2.24, 2.45) is 7.05 Å². The van der Waals surface area contributed by atoms with E-state index in [1.165, 1.54) is 12.1 Å². The number of hydrogen-bond donors (Lipinski definition) is 2. The molecule has 2 atom stereocenters. The third-order valence-corrected chi connectivity index (χ3v) is 5.29. The molecule has 1 aliphatic rings. The second-order valence-corrected chi connectivity index (χ2v) is 7.39. The van der Waals surface area contributed by atoms with Crippen molar-refractivity contribution < 1.29 is 14.0 Å². The standard InChI is InChI=1S/C21H18ClFN4O2/c1-11-16-17(13-4-3-5-15(23)10-13)18(21(29)25-19(16)27(2)26-11)24-20(28)12-6-8-14(22)9-7-12/h3-10,17-18H,1-2H3,(H,24,28)(H,25,29)/t17-,18+/m0/s1. The van der Waals surface area contributed by atoms with E-state index in [0.717, 1.165) is 5.56 Å². The third kappa shape index (κ3) is 3.49. The van der Waals surface area contributed by atoms with Crippen LogP contribution in [0.5, 0.6) is 0 Å². The summed E-state index contributed by atoms with van der Waals surface area (Å²) in [5.41, 5.74) is 2.40. The Kier molecular flexibility index (Phi) is 4.84. The molecule has 148 valence electrons. The molecule has 0 fully saturated rings. The van der Waals surface area contributed by atoms with Crippen molar-refractivity contribution in [2.75, 3.05) is 5.32 Å². The fourth-order valence-corrected chi connectivity index (χ4v) is 3.87. The van der Waals surface area contributed by atoms with Crippen molar-refractivity contribution in [2.45, 2.75) is 18.9 Å². The van der Waals surface area contributed by atoms with Crippen molar-refractivity contribution in [3.8, 4) is 0 Å². The average molecular weight is 413 g/mol. The molecule has 8 heteroatoms. The Morgan fingerprint density at radius 3 is 2.66 bits per heavy atom. The van der Waals surface area contributed by atoms with E-state index in [1.807, 2.05) is 6.92 Å². The van der Waals surface area contributed by atoms with E-state index < -0.39 is 29.6 Å². The number of anilines is 1. The van der Waals surface area contributed by atoms with Crippen molar-refractivity contribution in [3.05, 3.63) is 81.8 Å². The molecule has 2 aromatic carbocycles. The van der Waals surface area contributed by atoms with Gasteiger partial charge in [-0.2, -0.15) is 5.10 Å². The van der Waals surface area contributed by atoms with Crippen LogP contribution in [-0.2, 0) is 11.8 Å². The molecule has 1 aromatic heterocycles. The highest BCUT2D eigenvalue weighted by Crippen LogP contribution is 2.39. The number of fused-ring (bicyclic) bond motifs is 1. The van der Waals surface area contributed by atoms with Crippen LogP contribution in [0, 0.1) is 12.7 Å². The fourth-order valence-electron chi connectivity index (χ4n) is 3.74. The Balaban J connectivity index is 1.78. The summed E-state index contributed by atoms with van der Waals surface area (Å²) in [4.78, 5) is 25.7. The minimum absolute atomic E-state index is 0.369. The first kappa shape index (κ1) is 19.1. The third-order valence-electron chi connectivity index (χ3n) is 5.04. The molecule has 0 saturated carbocycles. The van der Waals surface area contributed by atoms with Gasteiger partial charge in [-0.3, -0.25) is 14.3 Å². The first-order chi connectivity index (χ1) is 13.8. The summed E-state index contributed by atoms with van der Waals surface area (Å²) in [6, 6.07) is 11.5. The number of aryl methyl sites for hydroxylation is 2. The Hall–Kier alpha value is -3.19. The smallest absolute Gasteiger partial charge is 0.251 e. The van der Waals surface area contributed by atoms with Crippen molar-refractivity contribution in [3.63, 3.8) is 0 Å². The molecule has 0 radical (unpaired) electrons. The lowest BCUT2D eigenvalue weighted by Crippen LogP contribution is -2.50. The summed E-state index contributed by atoms with van der Waals surface area (Å²) >= 11 is 5.88. The molecule has 2 amide bonds. The van der Waals surface area contributed by atoms with Gasteiger partial charge in [-0.05, 0) is 48.9 Å². The van der Waals surface area contributed by atoms with Crippen LogP contribution in [0.1, 0.15) is 33.1 Å². The number of hydrogen-bond acceptors (Lipinski definition) is 3. The Morgan fingerprint density at radius 1 is 1.24 bits per heavy atom. The maximum atomic E-state index is 14.0. The number of aromatic nitrogens is 2. The number of carbonyl (C=O) groups excluding carboxylic acids is 2. The molecule has 29 heavy (non-hydrogen) atoms. The Morgan fingerprint density at radius 2 is 1.97 bits per heavy atom. The van der Waals surface area contributed by atoms with Gasteiger partial charge in [-0.15, -0.1) is 0 Å². The van der Waals surface area contributed by atoms with Crippen LogP contribution < -0.4 is 10.6 Å². The highest BCUT2D eigenvalue weighted by atomic mass is 35.5. The number of carbonyl (C=O) groups is 2. The molecule has 0 aliphatic carbocycles.